The molecule has 0 fully saturated rings. The minimum Gasteiger partial charge on any atom is -0.462 e. The van der Waals surface area contributed by atoms with Gasteiger partial charge in [0.1, 0.15) is 0 Å². The standard InChI is InChI=1S/C12H9BrF3NO2S/c1-2-19-11(18)7-3-8(6-17)9(5-13)10(4-7)20-12(14,15)16/h3-4H,2,5H2,1H3. The second-order valence-corrected chi connectivity index (χ2v) is 5.18. The Bertz CT molecular complexity index is 555. The molecule has 0 aromatic heterocycles. The van der Waals surface area contributed by atoms with Crippen molar-refractivity contribution in [2.24, 2.45) is 0 Å². The van der Waals surface area contributed by atoms with Gasteiger partial charge in [0.15, 0.2) is 0 Å². The van der Waals surface area contributed by atoms with E-state index < -0.39 is 11.5 Å². The first-order valence-corrected chi connectivity index (χ1v) is 7.32. The molecule has 0 heterocycles. The van der Waals surface area contributed by atoms with Crippen LogP contribution < -0.4 is 0 Å². The number of thioether (sulfide) groups is 1. The molecule has 0 saturated heterocycles. The first-order chi connectivity index (χ1) is 9.32. The van der Waals surface area contributed by atoms with Gasteiger partial charge in [0.05, 0.1) is 23.8 Å². The number of esters is 1. The molecule has 0 amide bonds. The number of hydrogen-bond acceptors (Lipinski definition) is 4. The van der Waals surface area contributed by atoms with Crippen LogP contribution in [0.25, 0.3) is 0 Å². The molecule has 0 aliphatic carbocycles. The summed E-state index contributed by atoms with van der Waals surface area (Å²) in [4.78, 5) is 11.4. The molecule has 8 heteroatoms. The molecule has 1 aromatic rings. The van der Waals surface area contributed by atoms with Gasteiger partial charge in [0, 0.05) is 10.2 Å². The van der Waals surface area contributed by atoms with Gasteiger partial charge in [-0.2, -0.15) is 18.4 Å². The number of benzene rings is 1. The second kappa shape index (κ2) is 6.99. The minimum atomic E-state index is -4.50. The van der Waals surface area contributed by atoms with Crippen LogP contribution in [-0.2, 0) is 10.1 Å². The number of alkyl halides is 4. The van der Waals surface area contributed by atoms with Gasteiger partial charge < -0.3 is 4.74 Å². The fraction of sp³-hybridized carbons (Fsp3) is 0.333. The summed E-state index contributed by atoms with van der Waals surface area (Å²) in [6, 6.07) is 4.11. The summed E-state index contributed by atoms with van der Waals surface area (Å²) in [6.07, 6.45) is 0. The smallest absolute Gasteiger partial charge is 0.446 e. The molecule has 1 rings (SSSR count). The number of carbonyl (C=O) groups excluding carboxylic acids is 1. The Labute approximate surface area is 126 Å². The molecule has 0 bridgehead atoms. The van der Waals surface area contributed by atoms with Gasteiger partial charge in [-0.05, 0) is 36.4 Å². The lowest BCUT2D eigenvalue weighted by Crippen LogP contribution is -2.08. The van der Waals surface area contributed by atoms with Crippen molar-refractivity contribution in [3.63, 3.8) is 0 Å². The summed E-state index contributed by atoms with van der Waals surface area (Å²) in [5, 5.41) is 9.08. The van der Waals surface area contributed by atoms with E-state index in [-0.39, 0.29) is 45.3 Å². The van der Waals surface area contributed by atoms with Crippen LogP contribution in [0.5, 0.6) is 0 Å². The maximum Gasteiger partial charge on any atom is 0.446 e. The maximum absolute atomic E-state index is 12.5. The molecule has 3 nitrogen and oxygen atoms in total. The fourth-order valence-electron chi connectivity index (χ4n) is 1.43. The van der Waals surface area contributed by atoms with Gasteiger partial charge >= 0.3 is 11.5 Å². The van der Waals surface area contributed by atoms with E-state index in [4.69, 9.17) is 10.00 Å². The normalized spacial score (nSPS) is 11.0. The topological polar surface area (TPSA) is 50.1 Å². The van der Waals surface area contributed by atoms with Gasteiger partial charge in [0.2, 0.25) is 0 Å². The van der Waals surface area contributed by atoms with E-state index in [9.17, 15) is 18.0 Å². The van der Waals surface area contributed by atoms with E-state index in [1.165, 1.54) is 6.07 Å². The first kappa shape index (κ1) is 16.9. The van der Waals surface area contributed by atoms with E-state index in [0.717, 1.165) is 6.07 Å². The van der Waals surface area contributed by atoms with E-state index in [1.54, 1.807) is 13.0 Å². The lowest BCUT2D eigenvalue weighted by Gasteiger charge is -2.13. The third-order valence-electron chi connectivity index (χ3n) is 2.20. The lowest BCUT2D eigenvalue weighted by molar-refractivity contribution is -0.0328. The Morgan fingerprint density at radius 3 is 2.60 bits per heavy atom. The molecule has 0 aliphatic heterocycles. The summed E-state index contributed by atoms with van der Waals surface area (Å²) >= 11 is 2.69. The van der Waals surface area contributed by atoms with Crippen LogP contribution in [0.15, 0.2) is 17.0 Å². The number of carbonyl (C=O) groups is 1. The predicted molar refractivity (Wildman–Crippen MR) is 71.7 cm³/mol. The SMILES string of the molecule is CCOC(=O)c1cc(C#N)c(CBr)c(SC(F)(F)F)c1. The number of rotatable bonds is 4. The predicted octanol–water partition coefficient (Wildman–Crippen LogP) is 4.24. The van der Waals surface area contributed by atoms with Gasteiger partial charge in [0.25, 0.3) is 0 Å². The largest absolute Gasteiger partial charge is 0.462 e. The van der Waals surface area contributed by atoms with Gasteiger partial charge in [-0.1, -0.05) is 15.9 Å². The molecule has 0 spiro atoms. The van der Waals surface area contributed by atoms with Crippen molar-refractivity contribution in [2.75, 3.05) is 6.61 Å². The molecule has 108 valence electrons. The highest BCUT2D eigenvalue weighted by molar-refractivity contribution is 9.08. The van der Waals surface area contributed by atoms with Crippen LogP contribution in [0.3, 0.4) is 0 Å². The number of nitriles is 1. The molecule has 0 aliphatic rings. The number of ether oxygens (including phenoxy) is 1. The van der Waals surface area contributed by atoms with Gasteiger partial charge in [-0.3, -0.25) is 0 Å². The van der Waals surface area contributed by atoms with Gasteiger partial charge in [-0.15, -0.1) is 0 Å². The van der Waals surface area contributed by atoms with E-state index >= 15 is 0 Å². The van der Waals surface area contributed by atoms with Crippen molar-refractivity contribution in [3.8, 4) is 6.07 Å². The minimum absolute atomic E-state index is 0.0131. The van der Waals surface area contributed by atoms with Crippen LogP contribution >= 0.6 is 27.7 Å². The lowest BCUT2D eigenvalue weighted by atomic mass is 10.1. The van der Waals surface area contributed by atoms with Crippen molar-refractivity contribution in [1.29, 1.82) is 5.26 Å². The molecule has 0 N–H and O–H groups in total. The maximum atomic E-state index is 12.5. The van der Waals surface area contributed by atoms with Crippen molar-refractivity contribution in [2.45, 2.75) is 22.7 Å². The average molecular weight is 368 g/mol. The molecule has 0 saturated carbocycles. The van der Waals surface area contributed by atoms with Crippen molar-refractivity contribution in [1.82, 2.24) is 0 Å². The molecular weight excluding hydrogens is 359 g/mol. The van der Waals surface area contributed by atoms with Crippen molar-refractivity contribution in [3.05, 3.63) is 28.8 Å². The Morgan fingerprint density at radius 1 is 1.50 bits per heavy atom. The van der Waals surface area contributed by atoms with Crippen LogP contribution in [0, 0.1) is 11.3 Å². The highest BCUT2D eigenvalue weighted by Gasteiger charge is 2.31. The Kier molecular flexibility index (Phi) is 5.89. The summed E-state index contributed by atoms with van der Waals surface area (Å²) in [7, 11) is 0. The van der Waals surface area contributed by atoms with E-state index in [1.807, 2.05) is 0 Å². The molecule has 0 unspecified atom stereocenters. The Balaban J connectivity index is 3.35. The summed E-state index contributed by atoms with van der Waals surface area (Å²) in [6.45, 7) is 1.68. The van der Waals surface area contributed by atoms with Crippen molar-refractivity contribution >= 4 is 33.7 Å². The van der Waals surface area contributed by atoms with Crippen LogP contribution in [0.4, 0.5) is 13.2 Å². The van der Waals surface area contributed by atoms with Crippen LogP contribution in [0.2, 0.25) is 0 Å². The molecular formula is C12H9BrF3NO2S. The number of nitrogens with zero attached hydrogens (tertiary/aromatic N) is 1. The highest BCUT2D eigenvalue weighted by atomic mass is 79.9. The summed E-state index contributed by atoms with van der Waals surface area (Å²) in [5.41, 5.74) is -4.36. The molecule has 0 atom stereocenters. The molecule has 1 aromatic carbocycles. The first-order valence-electron chi connectivity index (χ1n) is 5.38. The quantitative estimate of drug-likeness (QED) is 0.453. The van der Waals surface area contributed by atoms with Crippen molar-refractivity contribution < 1.29 is 22.7 Å². The number of halogens is 4. The zero-order valence-corrected chi connectivity index (χ0v) is 12.7. The Morgan fingerprint density at radius 2 is 2.15 bits per heavy atom. The Hall–Kier alpha value is -1.20. The third-order valence-corrected chi connectivity index (χ3v) is 3.58. The fourth-order valence-corrected chi connectivity index (χ4v) is 2.96. The summed E-state index contributed by atoms with van der Waals surface area (Å²) in [5.74, 6) is -0.755. The van der Waals surface area contributed by atoms with Gasteiger partial charge in [-0.25, -0.2) is 4.79 Å². The van der Waals surface area contributed by atoms with Crippen LogP contribution in [0.1, 0.15) is 28.4 Å². The highest BCUT2D eigenvalue weighted by Crippen LogP contribution is 2.40. The number of hydrogen-bond donors (Lipinski definition) is 0. The molecule has 20 heavy (non-hydrogen) atoms. The van der Waals surface area contributed by atoms with E-state index in [0.29, 0.717) is 0 Å². The van der Waals surface area contributed by atoms with E-state index in [2.05, 4.69) is 15.9 Å². The van der Waals surface area contributed by atoms with Crippen LogP contribution in [-0.4, -0.2) is 18.1 Å². The summed E-state index contributed by atoms with van der Waals surface area (Å²) < 4.78 is 42.3. The average Bonchev–Trinajstić information content (AvgIpc) is 2.36. The second-order valence-electron chi connectivity index (χ2n) is 3.51. The monoisotopic (exact) mass is 367 g/mol. The third kappa shape index (κ3) is 4.42. The zero-order chi connectivity index (χ0) is 15.3. The zero-order valence-electron chi connectivity index (χ0n) is 10.3. The molecule has 0 radical (unpaired) electrons.